The fraction of sp³-hybridized carbons (Fsp3) is 0. The molecule has 4 nitrogen and oxygen atoms in total. The third-order valence-corrected chi connectivity index (χ3v) is 2.67. The summed E-state index contributed by atoms with van der Waals surface area (Å²) in [6, 6.07) is 13.9. The zero-order chi connectivity index (χ0) is 13.1. The van der Waals surface area contributed by atoms with Gasteiger partial charge in [0.2, 0.25) is 11.8 Å². The minimum Gasteiger partial charge on any atom is -0.366 e. The molecule has 0 radical (unpaired) electrons. The van der Waals surface area contributed by atoms with Crippen LogP contribution in [0.15, 0.2) is 48.5 Å². The van der Waals surface area contributed by atoms with E-state index in [1.165, 1.54) is 0 Å². The lowest BCUT2D eigenvalue weighted by atomic mass is 10.0. The highest BCUT2D eigenvalue weighted by Crippen LogP contribution is 2.20. The van der Waals surface area contributed by atoms with Gasteiger partial charge in [-0.3, -0.25) is 9.59 Å². The van der Waals surface area contributed by atoms with Crippen LogP contribution in [0.25, 0.3) is 11.1 Å². The summed E-state index contributed by atoms with van der Waals surface area (Å²) in [5.41, 5.74) is 13.1. The molecular weight excluding hydrogens is 228 g/mol. The van der Waals surface area contributed by atoms with Gasteiger partial charge >= 0.3 is 0 Å². The number of amides is 2. The Morgan fingerprint density at radius 3 is 1.11 bits per heavy atom. The fourth-order valence-corrected chi connectivity index (χ4v) is 1.65. The summed E-state index contributed by atoms with van der Waals surface area (Å²) >= 11 is 0. The molecule has 0 saturated carbocycles. The summed E-state index contributed by atoms with van der Waals surface area (Å²) in [7, 11) is 0. The van der Waals surface area contributed by atoms with Gasteiger partial charge in [0, 0.05) is 11.1 Å². The molecule has 0 bridgehead atoms. The van der Waals surface area contributed by atoms with Crippen LogP contribution in [0.4, 0.5) is 0 Å². The Labute approximate surface area is 104 Å². The monoisotopic (exact) mass is 240 g/mol. The number of rotatable bonds is 3. The maximum atomic E-state index is 10.9. The fourth-order valence-electron chi connectivity index (χ4n) is 1.65. The van der Waals surface area contributed by atoms with Crippen molar-refractivity contribution in [3.63, 3.8) is 0 Å². The van der Waals surface area contributed by atoms with Crippen molar-refractivity contribution < 1.29 is 9.59 Å². The minimum atomic E-state index is -0.453. The molecule has 0 aliphatic rings. The van der Waals surface area contributed by atoms with Crippen LogP contribution in [0.2, 0.25) is 0 Å². The number of carbonyl (C=O) groups is 2. The van der Waals surface area contributed by atoms with Gasteiger partial charge in [-0.1, -0.05) is 24.3 Å². The van der Waals surface area contributed by atoms with Crippen LogP contribution >= 0.6 is 0 Å². The van der Waals surface area contributed by atoms with Gasteiger partial charge in [0.1, 0.15) is 0 Å². The maximum Gasteiger partial charge on any atom is 0.248 e. The zero-order valence-electron chi connectivity index (χ0n) is 9.59. The number of hydrogen-bond donors (Lipinski definition) is 2. The van der Waals surface area contributed by atoms with Crippen molar-refractivity contribution in [1.82, 2.24) is 0 Å². The molecule has 90 valence electrons. The minimum absolute atomic E-state index is 0.453. The molecule has 0 heterocycles. The number of hydrogen-bond acceptors (Lipinski definition) is 2. The van der Waals surface area contributed by atoms with Gasteiger partial charge in [-0.05, 0) is 35.4 Å². The van der Waals surface area contributed by atoms with Crippen LogP contribution in [0, 0.1) is 0 Å². The standard InChI is InChI=1S/C14H12N2O2/c15-13(17)11-5-1-9(2-6-11)10-3-7-12(8-4-10)14(16)18/h1-8H,(H2,15,17)(H2,16,18). The van der Waals surface area contributed by atoms with Crippen molar-refractivity contribution in [2.75, 3.05) is 0 Å². The lowest BCUT2D eigenvalue weighted by molar-refractivity contribution is 0.0992. The predicted molar refractivity (Wildman–Crippen MR) is 68.9 cm³/mol. The van der Waals surface area contributed by atoms with Gasteiger partial charge in [0.15, 0.2) is 0 Å². The number of carbonyl (C=O) groups excluding carboxylic acids is 2. The van der Waals surface area contributed by atoms with Crippen LogP contribution in [0.1, 0.15) is 20.7 Å². The Kier molecular flexibility index (Phi) is 3.10. The van der Waals surface area contributed by atoms with E-state index in [2.05, 4.69) is 0 Å². The molecule has 0 saturated heterocycles. The second kappa shape index (κ2) is 4.71. The molecule has 0 aromatic heterocycles. The first-order valence-electron chi connectivity index (χ1n) is 5.38. The van der Waals surface area contributed by atoms with Crippen molar-refractivity contribution in [3.05, 3.63) is 59.7 Å². The Hall–Kier alpha value is -2.62. The van der Waals surface area contributed by atoms with E-state index in [-0.39, 0.29) is 0 Å². The lowest BCUT2D eigenvalue weighted by Gasteiger charge is -2.03. The Morgan fingerprint density at radius 1 is 0.611 bits per heavy atom. The van der Waals surface area contributed by atoms with E-state index < -0.39 is 11.8 Å². The second-order valence-electron chi connectivity index (χ2n) is 3.88. The van der Waals surface area contributed by atoms with E-state index in [9.17, 15) is 9.59 Å². The molecule has 4 N–H and O–H groups in total. The lowest BCUT2D eigenvalue weighted by Crippen LogP contribution is -2.10. The molecule has 0 fully saturated rings. The normalized spacial score (nSPS) is 10.0. The van der Waals surface area contributed by atoms with Crippen LogP contribution in [0.3, 0.4) is 0 Å². The summed E-state index contributed by atoms with van der Waals surface area (Å²) < 4.78 is 0. The van der Waals surface area contributed by atoms with E-state index in [1.807, 2.05) is 0 Å². The number of nitrogens with two attached hydrogens (primary N) is 2. The highest BCUT2D eigenvalue weighted by molar-refractivity contribution is 5.94. The average molecular weight is 240 g/mol. The summed E-state index contributed by atoms with van der Waals surface area (Å²) in [6.07, 6.45) is 0. The SMILES string of the molecule is NC(=O)c1ccc(-c2ccc(C(N)=O)cc2)cc1. The summed E-state index contributed by atoms with van der Waals surface area (Å²) in [6.45, 7) is 0. The largest absolute Gasteiger partial charge is 0.366 e. The molecule has 0 atom stereocenters. The summed E-state index contributed by atoms with van der Waals surface area (Å²) in [5.74, 6) is -0.906. The van der Waals surface area contributed by atoms with Crippen LogP contribution in [0.5, 0.6) is 0 Å². The van der Waals surface area contributed by atoms with Crippen LogP contribution in [-0.2, 0) is 0 Å². The van der Waals surface area contributed by atoms with Crippen LogP contribution in [-0.4, -0.2) is 11.8 Å². The van der Waals surface area contributed by atoms with E-state index in [0.29, 0.717) is 11.1 Å². The molecular formula is C14H12N2O2. The quantitative estimate of drug-likeness (QED) is 0.852. The molecule has 0 unspecified atom stereocenters. The second-order valence-corrected chi connectivity index (χ2v) is 3.88. The topological polar surface area (TPSA) is 86.2 Å². The summed E-state index contributed by atoms with van der Waals surface area (Å²) in [4.78, 5) is 21.9. The van der Waals surface area contributed by atoms with Gasteiger partial charge in [-0.2, -0.15) is 0 Å². The van der Waals surface area contributed by atoms with Crippen LogP contribution < -0.4 is 11.5 Å². The number of primary amides is 2. The predicted octanol–water partition coefficient (Wildman–Crippen LogP) is 1.55. The smallest absolute Gasteiger partial charge is 0.248 e. The first kappa shape index (κ1) is 11.9. The third kappa shape index (κ3) is 2.38. The van der Waals surface area contributed by atoms with E-state index in [1.54, 1.807) is 48.5 Å². The van der Waals surface area contributed by atoms with Gasteiger partial charge in [-0.25, -0.2) is 0 Å². The van der Waals surface area contributed by atoms with Gasteiger partial charge in [0.25, 0.3) is 0 Å². The van der Waals surface area contributed by atoms with E-state index in [4.69, 9.17) is 11.5 Å². The molecule has 2 aromatic carbocycles. The Bertz CT molecular complexity index is 531. The molecule has 2 aromatic rings. The molecule has 0 aliphatic heterocycles. The van der Waals surface area contributed by atoms with E-state index >= 15 is 0 Å². The van der Waals surface area contributed by atoms with Crippen molar-refractivity contribution in [2.24, 2.45) is 11.5 Å². The molecule has 4 heteroatoms. The summed E-state index contributed by atoms with van der Waals surface area (Å²) in [5, 5.41) is 0. The first-order chi connectivity index (χ1) is 8.58. The van der Waals surface area contributed by atoms with E-state index in [0.717, 1.165) is 11.1 Å². The molecule has 0 aliphatic carbocycles. The Morgan fingerprint density at radius 2 is 0.889 bits per heavy atom. The molecule has 18 heavy (non-hydrogen) atoms. The first-order valence-corrected chi connectivity index (χ1v) is 5.38. The maximum absolute atomic E-state index is 10.9. The molecule has 2 amide bonds. The van der Waals surface area contributed by atoms with Gasteiger partial charge in [0.05, 0.1) is 0 Å². The van der Waals surface area contributed by atoms with Crippen molar-refractivity contribution >= 4 is 11.8 Å². The van der Waals surface area contributed by atoms with Crippen molar-refractivity contribution in [1.29, 1.82) is 0 Å². The van der Waals surface area contributed by atoms with Gasteiger partial charge in [-0.15, -0.1) is 0 Å². The average Bonchev–Trinajstić information content (AvgIpc) is 2.39. The number of benzene rings is 2. The molecule has 0 spiro atoms. The highest BCUT2D eigenvalue weighted by Gasteiger charge is 2.03. The van der Waals surface area contributed by atoms with Crippen molar-refractivity contribution in [3.8, 4) is 11.1 Å². The van der Waals surface area contributed by atoms with Crippen molar-refractivity contribution in [2.45, 2.75) is 0 Å². The Balaban J connectivity index is 2.31. The zero-order valence-corrected chi connectivity index (χ0v) is 9.59. The van der Waals surface area contributed by atoms with Gasteiger partial charge < -0.3 is 11.5 Å². The highest BCUT2D eigenvalue weighted by atomic mass is 16.1. The molecule has 2 rings (SSSR count). The third-order valence-electron chi connectivity index (χ3n) is 2.67.